The number of hydrogen-bond acceptors (Lipinski definition) is 4. The normalized spacial score (nSPS) is 10.2. The number of ether oxygens (including phenoxy) is 1. The van der Waals surface area contributed by atoms with Gasteiger partial charge in [0.05, 0.1) is 11.6 Å². The number of amides is 1. The summed E-state index contributed by atoms with van der Waals surface area (Å²) in [5.41, 5.74) is 0.672. The zero-order valence-electron chi connectivity index (χ0n) is 12.1. The number of aliphatic hydroxyl groups excluding tert-OH is 1. The van der Waals surface area contributed by atoms with Crippen LogP contribution < -0.4 is 10.1 Å². The molecule has 120 valence electrons. The van der Waals surface area contributed by atoms with Gasteiger partial charge >= 0.3 is 0 Å². The lowest BCUT2D eigenvalue weighted by Gasteiger charge is -2.12. The van der Waals surface area contributed by atoms with E-state index in [4.69, 9.17) is 33.0 Å². The van der Waals surface area contributed by atoms with Gasteiger partial charge in [-0.15, -0.1) is 0 Å². The fourth-order valence-corrected chi connectivity index (χ4v) is 2.02. The maximum Gasteiger partial charge on any atom is 0.258 e. The third-order valence-electron chi connectivity index (χ3n) is 2.83. The molecule has 2 N–H and O–H groups in total. The maximum atomic E-state index is 12.1. The van der Waals surface area contributed by atoms with Crippen molar-refractivity contribution >= 4 is 34.9 Å². The Labute approximate surface area is 138 Å². The number of allylic oxidation sites excluding steroid dienone is 1. The van der Waals surface area contributed by atoms with Gasteiger partial charge in [0, 0.05) is 12.1 Å². The summed E-state index contributed by atoms with van der Waals surface area (Å²) in [6, 6.07) is 2.96. The Bertz CT molecular complexity index is 587. The average Bonchev–Trinajstić information content (AvgIpc) is 2.52. The van der Waals surface area contributed by atoms with Crippen LogP contribution in [0.3, 0.4) is 0 Å². The second kappa shape index (κ2) is 8.78. The van der Waals surface area contributed by atoms with Crippen molar-refractivity contribution in [2.75, 3.05) is 19.8 Å². The average molecular weight is 346 g/mol. The molecule has 0 aliphatic carbocycles. The minimum absolute atomic E-state index is 0.0615. The molecule has 1 rings (SSSR count). The summed E-state index contributed by atoms with van der Waals surface area (Å²) in [6.45, 7) is 5.21. The van der Waals surface area contributed by atoms with E-state index in [0.717, 1.165) is 0 Å². The van der Waals surface area contributed by atoms with Gasteiger partial charge in [-0.2, -0.15) is 0 Å². The molecule has 0 heterocycles. The van der Waals surface area contributed by atoms with E-state index in [2.05, 4.69) is 11.9 Å². The molecular formula is C15H17Cl2NO4. The number of benzene rings is 1. The summed E-state index contributed by atoms with van der Waals surface area (Å²) < 4.78 is 5.25. The number of aliphatic hydroxyl groups is 1. The van der Waals surface area contributed by atoms with Crippen LogP contribution in [-0.2, 0) is 4.79 Å². The van der Waals surface area contributed by atoms with Crippen LogP contribution in [0.25, 0.3) is 0 Å². The van der Waals surface area contributed by atoms with Gasteiger partial charge in [0.15, 0.2) is 12.4 Å². The molecule has 22 heavy (non-hydrogen) atoms. The van der Waals surface area contributed by atoms with Crippen LogP contribution in [0.2, 0.25) is 10.0 Å². The highest BCUT2D eigenvalue weighted by Crippen LogP contribution is 2.35. The topological polar surface area (TPSA) is 75.6 Å². The summed E-state index contributed by atoms with van der Waals surface area (Å²) >= 11 is 12.2. The molecule has 0 fully saturated rings. The first-order valence-corrected chi connectivity index (χ1v) is 7.38. The van der Waals surface area contributed by atoms with Gasteiger partial charge in [-0.05, 0) is 24.1 Å². The van der Waals surface area contributed by atoms with E-state index in [1.54, 1.807) is 0 Å². The lowest BCUT2D eigenvalue weighted by Crippen LogP contribution is -2.31. The SMILES string of the molecule is C=C(CC)C(=O)c1ccc(OCC(=O)NCCO)c(Cl)c1Cl. The minimum atomic E-state index is -0.402. The number of Topliss-reactive ketones (excluding diaryl/α,β-unsaturated/α-hetero) is 1. The van der Waals surface area contributed by atoms with Crippen molar-refractivity contribution in [1.29, 1.82) is 0 Å². The minimum Gasteiger partial charge on any atom is -0.482 e. The zero-order valence-corrected chi connectivity index (χ0v) is 13.6. The second-order valence-electron chi connectivity index (χ2n) is 4.39. The van der Waals surface area contributed by atoms with Crippen molar-refractivity contribution in [1.82, 2.24) is 5.32 Å². The molecule has 0 atom stereocenters. The number of ketones is 1. The molecule has 0 radical (unpaired) electrons. The number of halogens is 2. The Balaban J connectivity index is 2.84. The molecule has 1 amide bonds. The summed E-state index contributed by atoms with van der Waals surface area (Å²) in [5, 5.41) is 11.2. The van der Waals surface area contributed by atoms with E-state index in [-0.39, 0.29) is 46.9 Å². The van der Waals surface area contributed by atoms with Crippen LogP contribution in [0.1, 0.15) is 23.7 Å². The van der Waals surface area contributed by atoms with Gasteiger partial charge < -0.3 is 15.2 Å². The van der Waals surface area contributed by atoms with E-state index in [1.165, 1.54) is 12.1 Å². The monoisotopic (exact) mass is 345 g/mol. The molecule has 1 aromatic rings. The summed E-state index contributed by atoms with van der Waals surface area (Å²) in [5.74, 6) is -0.480. The largest absolute Gasteiger partial charge is 0.482 e. The van der Waals surface area contributed by atoms with Gasteiger partial charge in [0.1, 0.15) is 10.8 Å². The van der Waals surface area contributed by atoms with E-state index in [9.17, 15) is 9.59 Å². The highest BCUT2D eigenvalue weighted by atomic mass is 35.5. The number of rotatable bonds is 8. The molecule has 0 aliphatic heterocycles. The molecule has 0 saturated carbocycles. The van der Waals surface area contributed by atoms with E-state index in [0.29, 0.717) is 12.0 Å². The van der Waals surface area contributed by atoms with Crippen molar-refractivity contribution in [3.05, 3.63) is 39.9 Å². The van der Waals surface area contributed by atoms with Crippen LogP contribution in [0, 0.1) is 0 Å². The lowest BCUT2D eigenvalue weighted by atomic mass is 10.0. The Kier molecular flexibility index (Phi) is 7.38. The van der Waals surface area contributed by atoms with Crippen LogP contribution in [0.4, 0.5) is 0 Å². The maximum absolute atomic E-state index is 12.1. The van der Waals surface area contributed by atoms with Gasteiger partial charge in [-0.3, -0.25) is 9.59 Å². The molecule has 0 spiro atoms. The number of carbonyl (C=O) groups excluding carboxylic acids is 2. The van der Waals surface area contributed by atoms with Gasteiger partial charge in [-0.25, -0.2) is 0 Å². The molecule has 0 unspecified atom stereocenters. The Morgan fingerprint density at radius 3 is 2.59 bits per heavy atom. The fraction of sp³-hybridized carbons (Fsp3) is 0.333. The lowest BCUT2D eigenvalue weighted by molar-refractivity contribution is -0.123. The third kappa shape index (κ3) is 4.73. The third-order valence-corrected chi connectivity index (χ3v) is 3.70. The van der Waals surface area contributed by atoms with Crippen LogP contribution in [0.5, 0.6) is 5.75 Å². The number of nitrogens with one attached hydrogen (secondary N) is 1. The van der Waals surface area contributed by atoms with E-state index in [1.807, 2.05) is 6.92 Å². The molecule has 0 aliphatic rings. The van der Waals surface area contributed by atoms with Crippen molar-refractivity contribution in [3.63, 3.8) is 0 Å². The Morgan fingerprint density at radius 2 is 2.00 bits per heavy atom. The van der Waals surface area contributed by atoms with Gasteiger partial charge in [0.25, 0.3) is 5.91 Å². The van der Waals surface area contributed by atoms with Crippen LogP contribution in [-0.4, -0.2) is 36.6 Å². The molecule has 0 saturated heterocycles. The first-order valence-electron chi connectivity index (χ1n) is 6.63. The van der Waals surface area contributed by atoms with Crippen molar-refractivity contribution < 1.29 is 19.4 Å². The Hall–Kier alpha value is -1.56. The first-order chi connectivity index (χ1) is 10.4. The Morgan fingerprint density at radius 1 is 1.32 bits per heavy atom. The molecule has 0 bridgehead atoms. The highest BCUT2D eigenvalue weighted by Gasteiger charge is 2.18. The van der Waals surface area contributed by atoms with E-state index < -0.39 is 5.91 Å². The van der Waals surface area contributed by atoms with Crippen molar-refractivity contribution in [2.45, 2.75) is 13.3 Å². The molecular weight excluding hydrogens is 329 g/mol. The van der Waals surface area contributed by atoms with Crippen LogP contribution >= 0.6 is 23.2 Å². The molecule has 5 nitrogen and oxygen atoms in total. The smallest absolute Gasteiger partial charge is 0.258 e. The molecule has 7 heteroatoms. The second-order valence-corrected chi connectivity index (χ2v) is 5.14. The van der Waals surface area contributed by atoms with Gasteiger partial charge in [0.2, 0.25) is 0 Å². The standard InChI is InChI=1S/C15H17Cl2NO4/c1-3-9(2)15(21)10-4-5-11(14(17)13(10)16)22-8-12(20)18-6-7-19/h4-5,19H,2-3,6-8H2,1H3,(H,18,20). The van der Waals surface area contributed by atoms with Crippen molar-refractivity contribution in [2.24, 2.45) is 0 Å². The highest BCUT2D eigenvalue weighted by molar-refractivity contribution is 6.45. The van der Waals surface area contributed by atoms with Crippen LogP contribution in [0.15, 0.2) is 24.3 Å². The number of hydrogen-bond donors (Lipinski definition) is 2. The van der Waals surface area contributed by atoms with Crippen molar-refractivity contribution in [3.8, 4) is 5.75 Å². The summed E-state index contributed by atoms with van der Waals surface area (Å²) in [4.78, 5) is 23.5. The van der Waals surface area contributed by atoms with Gasteiger partial charge in [-0.1, -0.05) is 36.7 Å². The molecule has 1 aromatic carbocycles. The fourth-order valence-electron chi connectivity index (χ4n) is 1.56. The quantitative estimate of drug-likeness (QED) is 0.561. The van der Waals surface area contributed by atoms with E-state index >= 15 is 0 Å². The summed E-state index contributed by atoms with van der Waals surface area (Å²) in [7, 11) is 0. The first kappa shape index (κ1) is 18.5. The predicted molar refractivity (Wildman–Crippen MR) is 85.8 cm³/mol. The zero-order chi connectivity index (χ0) is 16.7. The summed E-state index contributed by atoms with van der Waals surface area (Å²) in [6.07, 6.45) is 0.510. The predicted octanol–water partition coefficient (Wildman–Crippen LogP) is 2.63. The number of carbonyl (C=O) groups is 2. The molecule has 0 aromatic heterocycles.